The molecule has 3 nitrogen and oxygen atoms in total. The first-order valence-electron chi connectivity index (χ1n) is 5.34. The van der Waals surface area contributed by atoms with Gasteiger partial charge in [-0.2, -0.15) is 0 Å². The number of rotatable bonds is 1. The average Bonchev–Trinajstić information content (AvgIpc) is 2.19. The molecule has 0 aromatic carbocycles. The van der Waals surface area contributed by atoms with E-state index in [-0.39, 0.29) is 5.82 Å². The Morgan fingerprint density at radius 3 is 2.88 bits per heavy atom. The van der Waals surface area contributed by atoms with Gasteiger partial charge in [-0.15, -0.1) is 0 Å². The summed E-state index contributed by atoms with van der Waals surface area (Å²) >= 11 is 3.22. The minimum absolute atomic E-state index is 0.259. The van der Waals surface area contributed by atoms with Gasteiger partial charge in [-0.05, 0) is 36.0 Å². The van der Waals surface area contributed by atoms with Crippen LogP contribution in [0.4, 0.5) is 10.2 Å². The highest BCUT2D eigenvalue weighted by Crippen LogP contribution is 2.23. The molecule has 1 aromatic rings. The molecule has 2 heterocycles. The lowest BCUT2D eigenvalue weighted by atomic mass is 10.2. The fourth-order valence-electron chi connectivity index (χ4n) is 2.07. The smallest absolute Gasteiger partial charge is 0.166 e. The van der Waals surface area contributed by atoms with Crippen LogP contribution in [0.3, 0.4) is 0 Å². The first kappa shape index (κ1) is 11.8. The molecule has 1 aliphatic heterocycles. The van der Waals surface area contributed by atoms with Crippen molar-refractivity contribution in [1.29, 1.82) is 0 Å². The maximum atomic E-state index is 13.8. The first-order valence-corrected chi connectivity index (χ1v) is 6.13. The molecular formula is C11H15BrFN3. The van der Waals surface area contributed by atoms with Gasteiger partial charge < -0.3 is 9.80 Å². The van der Waals surface area contributed by atoms with E-state index in [4.69, 9.17) is 0 Å². The van der Waals surface area contributed by atoms with Crippen LogP contribution in [0.2, 0.25) is 0 Å². The van der Waals surface area contributed by atoms with Crippen molar-refractivity contribution in [1.82, 2.24) is 9.88 Å². The molecule has 0 aliphatic carbocycles. The number of hydrogen-bond donors (Lipinski definition) is 0. The molecule has 1 aromatic heterocycles. The van der Waals surface area contributed by atoms with Crippen LogP contribution < -0.4 is 4.90 Å². The highest BCUT2D eigenvalue weighted by Gasteiger charge is 2.24. The monoisotopic (exact) mass is 287 g/mol. The molecule has 16 heavy (non-hydrogen) atoms. The molecule has 0 saturated carbocycles. The Morgan fingerprint density at radius 1 is 1.50 bits per heavy atom. The molecule has 0 bridgehead atoms. The summed E-state index contributed by atoms with van der Waals surface area (Å²) in [5.74, 6) is 0.203. The summed E-state index contributed by atoms with van der Waals surface area (Å²) in [6.45, 7) is 4.81. The Balaban J connectivity index is 2.23. The standard InChI is InChI=1S/C11H15BrFN3/c1-8-7-15(2)3-4-16(8)11-10(13)5-9(12)6-14-11/h5-6,8H,3-4,7H2,1-2H3. The van der Waals surface area contributed by atoms with E-state index in [1.165, 1.54) is 6.07 Å². The van der Waals surface area contributed by atoms with Gasteiger partial charge in [0.1, 0.15) is 0 Å². The minimum Gasteiger partial charge on any atom is -0.349 e. The largest absolute Gasteiger partial charge is 0.349 e. The third-order valence-electron chi connectivity index (χ3n) is 2.89. The summed E-state index contributed by atoms with van der Waals surface area (Å²) in [6, 6.07) is 1.76. The Hall–Kier alpha value is -0.680. The maximum Gasteiger partial charge on any atom is 0.166 e. The lowest BCUT2D eigenvalue weighted by Crippen LogP contribution is -2.51. The minimum atomic E-state index is -0.259. The molecule has 88 valence electrons. The zero-order chi connectivity index (χ0) is 11.7. The summed E-state index contributed by atoms with van der Waals surface area (Å²) in [6.07, 6.45) is 1.64. The van der Waals surface area contributed by atoms with E-state index >= 15 is 0 Å². The SMILES string of the molecule is CC1CN(C)CCN1c1ncc(Br)cc1F. The topological polar surface area (TPSA) is 19.4 Å². The Bertz CT molecular complexity index is 385. The molecule has 0 radical (unpaired) electrons. The van der Waals surface area contributed by atoms with E-state index < -0.39 is 0 Å². The Kier molecular flexibility index (Phi) is 3.44. The van der Waals surface area contributed by atoms with Gasteiger partial charge in [0.25, 0.3) is 0 Å². The zero-order valence-electron chi connectivity index (χ0n) is 9.45. The summed E-state index contributed by atoms with van der Waals surface area (Å²) < 4.78 is 14.4. The van der Waals surface area contributed by atoms with Crippen molar-refractivity contribution in [2.45, 2.75) is 13.0 Å². The van der Waals surface area contributed by atoms with Crippen molar-refractivity contribution in [3.63, 3.8) is 0 Å². The van der Waals surface area contributed by atoms with Crippen LogP contribution in [0.5, 0.6) is 0 Å². The second kappa shape index (κ2) is 4.67. The lowest BCUT2D eigenvalue weighted by molar-refractivity contribution is 0.273. The molecule has 5 heteroatoms. The summed E-state index contributed by atoms with van der Waals surface area (Å²) in [5, 5.41) is 0. The van der Waals surface area contributed by atoms with Gasteiger partial charge >= 0.3 is 0 Å². The van der Waals surface area contributed by atoms with E-state index in [2.05, 4.69) is 39.8 Å². The maximum absolute atomic E-state index is 13.8. The molecule has 1 fully saturated rings. The van der Waals surface area contributed by atoms with E-state index in [1.807, 2.05) is 4.90 Å². The number of nitrogens with zero attached hydrogens (tertiary/aromatic N) is 3. The average molecular weight is 288 g/mol. The summed E-state index contributed by atoms with van der Waals surface area (Å²) in [4.78, 5) is 8.44. The molecule has 2 rings (SSSR count). The lowest BCUT2D eigenvalue weighted by Gasteiger charge is -2.39. The van der Waals surface area contributed by atoms with Gasteiger partial charge in [0.05, 0.1) is 0 Å². The molecule has 1 unspecified atom stereocenters. The van der Waals surface area contributed by atoms with E-state index in [9.17, 15) is 4.39 Å². The third-order valence-corrected chi connectivity index (χ3v) is 3.32. The van der Waals surface area contributed by atoms with Crippen LogP contribution in [-0.4, -0.2) is 42.6 Å². The van der Waals surface area contributed by atoms with Crippen LogP contribution >= 0.6 is 15.9 Å². The van der Waals surface area contributed by atoms with Crippen molar-refractivity contribution >= 4 is 21.7 Å². The van der Waals surface area contributed by atoms with Crippen molar-refractivity contribution in [2.24, 2.45) is 0 Å². The van der Waals surface area contributed by atoms with Crippen LogP contribution in [0.1, 0.15) is 6.92 Å². The van der Waals surface area contributed by atoms with Crippen LogP contribution in [0, 0.1) is 5.82 Å². The van der Waals surface area contributed by atoms with Gasteiger partial charge in [-0.1, -0.05) is 0 Å². The van der Waals surface area contributed by atoms with E-state index in [0.717, 1.165) is 19.6 Å². The number of piperazine rings is 1. The highest BCUT2D eigenvalue weighted by atomic mass is 79.9. The fourth-order valence-corrected chi connectivity index (χ4v) is 2.38. The van der Waals surface area contributed by atoms with Crippen molar-refractivity contribution < 1.29 is 4.39 Å². The third kappa shape index (κ3) is 2.35. The van der Waals surface area contributed by atoms with Gasteiger partial charge in [-0.3, -0.25) is 0 Å². The molecule has 0 N–H and O–H groups in total. The second-order valence-corrected chi connectivity index (χ2v) is 5.18. The Labute approximate surface area is 103 Å². The predicted octanol–water partition coefficient (Wildman–Crippen LogP) is 2.12. The number of pyridine rings is 1. The number of anilines is 1. The number of likely N-dealkylation sites (N-methyl/N-ethyl adjacent to an activating group) is 1. The van der Waals surface area contributed by atoms with E-state index in [1.54, 1.807) is 6.20 Å². The molecule has 1 saturated heterocycles. The van der Waals surface area contributed by atoms with Crippen LogP contribution in [0.25, 0.3) is 0 Å². The van der Waals surface area contributed by atoms with Gasteiger partial charge in [0, 0.05) is 36.3 Å². The molecule has 0 amide bonds. The second-order valence-electron chi connectivity index (χ2n) is 4.26. The molecule has 0 spiro atoms. The quantitative estimate of drug-likeness (QED) is 0.789. The first-order chi connectivity index (χ1) is 7.58. The molecule has 1 aliphatic rings. The summed E-state index contributed by atoms with van der Waals surface area (Å²) in [7, 11) is 2.08. The number of aromatic nitrogens is 1. The van der Waals surface area contributed by atoms with E-state index in [0.29, 0.717) is 16.3 Å². The van der Waals surface area contributed by atoms with Gasteiger partial charge in [0.2, 0.25) is 0 Å². The Morgan fingerprint density at radius 2 is 2.25 bits per heavy atom. The normalized spacial score (nSPS) is 22.5. The predicted molar refractivity (Wildman–Crippen MR) is 66.2 cm³/mol. The zero-order valence-corrected chi connectivity index (χ0v) is 11.0. The van der Waals surface area contributed by atoms with Crippen molar-refractivity contribution in [3.8, 4) is 0 Å². The van der Waals surface area contributed by atoms with Gasteiger partial charge in [-0.25, -0.2) is 9.37 Å². The highest BCUT2D eigenvalue weighted by molar-refractivity contribution is 9.10. The number of hydrogen-bond acceptors (Lipinski definition) is 3. The summed E-state index contributed by atoms with van der Waals surface area (Å²) in [5.41, 5.74) is 0. The fraction of sp³-hybridized carbons (Fsp3) is 0.545. The van der Waals surface area contributed by atoms with Crippen LogP contribution in [0.15, 0.2) is 16.7 Å². The van der Waals surface area contributed by atoms with Crippen molar-refractivity contribution in [3.05, 3.63) is 22.6 Å². The molecule has 1 atom stereocenters. The molecular weight excluding hydrogens is 273 g/mol. The van der Waals surface area contributed by atoms with Crippen LogP contribution in [-0.2, 0) is 0 Å². The van der Waals surface area contributed by atoms with Gasteiger partial charge in [0.15, 0.2) is 11.6 Å². The number of halogens is 2. The van der Waals surface area contributed by atoms with Crippen molar-refractivity contribution in [2.75, 3.05) is 31.6 Å².